The van der Waals surface area contributed by atoms with Crippen molar-refractivity contribution in [1.82, 2.24) is 19.6 Å². The fourth-order valence-electron chi connectivity index (χ4n) is 2.81. The lowest BCUT2D eigenvalue weighted by molar-refractivity contribution is -0.137. The second-order valence-corrected chi connectivity index (χ2v) is 6.02. The number of aromatic nitrogens is 4. The highest BCUT2D eigenvalue weighted by molar-refractivity contribution is 6.07. The van der Waals surface area contributed by atoms with Crippen molar-refractivity contribution in [3.8, 4) is 17.1 Å². The summed E-state index contributed by atoms with van der Waals surface area (Å²) in [5, 5.41) is 15.9. The van der Waals surface area contributed by atoms with Gasteiger partial charge in [-0.3, -0.25) is 4.79 Å². The molecule has 0 unspecified atom stereocenters. The lowest BCUT2D eigenvalue weighted by atomic mass is 10.0. The summed E-state index contributed by atoms with van der Waals surface area (Å²) in [6, 6.07) is 10.8. The first kappa shape index (κ1) is 18.4. The van der Waals surface area contributed by atoms with Crippen LogP contribution in [0, 0.1) is 0 Å². The lowest BCUT2D eigenvalue weighted by Gasteiger charge is -2.12. The molecule has 4 rings (SSSR count). The van der Waals surface area contributed by atoms with Crippen LogP contribution in [0.15, 0.2) is 60.9 Å². The Hall–Kier alpha value is -3.95. The van der Waals surface area contributed by atoms with E-state index in [-0.39, 0.29) is 34.2 Å². The maximum atomic E-state index is 13.3. The number of rotatable bonds is 3. The topological polar surface area (TPSA) is 92.4 Å². The summed E-state index contributed by atoms with van der Waals surface area (Å²) in [6.07, 6.45) is -1.88. The molecule has 0 atom stereocenters. The molecule has 146 valence electrons. The molecule has 0 aliphatic carbocycles. The highest BCUT2D eigenvalue weighted by Gasteiger charge is 2.33. The predicted octanol–water partition coefficient (Wildman–Crippen LogP) is 3.77. The number of amides is 1. The third kappa shape index (κ3) is 3.59. The molecule has 10 heteroatoms. The van der Waals surface area contributed by atoms with E-state index in [1.54, 1.807) is 0 Å². The van der Waals surface area contributed by atoms with E-state index in [1.165, 1.54) is 59.4 Å². The average Bonchev–Trinajstić information content (AvgIpc) is 3.10. The van der Waals surface area contributed by atoms with E-state index in [0.717, 1.165) is 6.07 Å². The van der Waals surface area contributed by atoms with E-state index in [9.17, 15) is 23.1 Å². The fraction of sp³-hybridized carbons (Fsp3) is 0.0526. The number of hydrogen-bond donors (Lipinski definition) is 2. The number of nitrogens with zero attached hydrogens (tertiary/aromatic N) is 4. The first-order valence-electron chi connectivity index (χ1n) is 8.31. The quantitative estimate of drug-likeness (QED) is 0.547. The molecule has 1 amide bonds. The van der Waals surface area contributed by atoms with E-state index in [2.05, 4.69) is 20.4 Å². The molecular weight excluding hydrogens is 387 g/mol. The van der Waals surface area contributed by atoms with Gasteiger partial charge in [-0.15, -0.1) is 0 Å². The summed E-state index contributed by atoms with van der Waals surface area (Å²) in [4.78, 5) is 20.6. The summed E-state index contributed by atoms with van der Waals surface area (Å²) in [6.45, 7) is 0. The van der Waals surface area contributed by atoms with Crippen LogP contribution >= 0.6 is 0 Å². The molecule has 4 aromatic rings. The van der Waals surface area contributed by atoms with Crippen LogP contribution < -0.4 is 5.32 Å². The zero-order valence-corrected chi connectivity index (χ0v) is 14.6. The lowest BCUT2D eigenvalue weighted by Crippen LogP contribution is -2.13. The van der Waals surface area contributed by atoms with Crippen LogP contribution in [0.2, 0.25) is 0 Å². The number of halogens is 3. The average molecular weight is 399 g/mol. The molecule has 0 saturated carbocycles. The van der Waals surface area contributed by atoms with Crippen molar-refractivity contribution in [3.63, 3.8) is 0 Å². The van der Waals surface area contributed by atoms with Gasteiger partial charge >= 0.3 is 6.18 Å². The van der Waals surface area contributed by atoms with Crippen molar-refractivity contribution >= 4 is 17.4 Å². The second kappa shape index (κ2) is 6.89. The maximum Gasteiger partial charge on any atom is 0.417 e. The van der Waals surface area contributed by atoms with E-state index in [4.69, 9.17) is 0 Å². The fourth-order valence-corrected chi connectivity index (χ4v) is 2.81. The third-order valence-corrected chi connectivity index (χ3v) is 4.10. The van der Waals surface area contributed by atoms with Crippen LogP contribution in [-0.2, 0) is 6.18 Å². The van der Waals surface area contributed by atoms with Gasteiger partial charge in [0.1, 0.15) is 11.4 Å². The Morgan fingerprint density at radius 2 is 1.83 bits per heavy atom. The summed E-state index contributed by atoms with van der Waals surface area (Å²) < 4.78 is 41.3. The third-order valence-electron chi connectivity index (χ3n) is 4.10. The number of carbonyl (C=O) groups excluding carboxylic acids is 1. The Bertz CT molecular complexity index is 1220. The van der Waals surface area contributed by atoms with Gasteiger partial charge in [0.05, 0.1) is 17.5 Å². The Labute approximate surface area is 161 Å². The molecule has 1 aromatic carbocycles. The van der Waals surface area contributed by atoms with Crippen molar-refractivity contribution in [3.05, 3.63) is 72.1 Å². The molecule has 0 spiro atoms. The van der Waals surface area contributed by atoms with Crippen molar-refractivity contribution in [2.45, 2.75) is 6.18 Å². The van der Waals surface area contributed by atoms with E-state index < -0.39 is 17.6 Å². The highest BCUT2D eigenvalue weighted by Crippen LogP contribution is 2.36. The Balaban J connectivity index is 1.75. The number of aromatic hydroxyl groups is 1. The van der Waals surface area contributed by atoms with Gasteiger partial charge in [-0.05, 0) is 18.2 Å². The number of hydrogen-bond acceptors (Lipinski definition) is 5. The van der Waals surface area contributed by atoms with Crippen molar-refractivity contribution in [2.24, 2.45) is 0 Å². The normalized spacial score (nSPS) is 11.6. The number of nitrogens with one attached hydrogen (secondary N) is 1. The summed E-state index contributed by atoms with van der Waals surface area (Å²) in [5.41, 5.74) is -0.759. The molecule has 0 radical (unpaired) electrons. The zero-order chi connectivity index (χ0) is 20.6. The standard InChI is InChI=1S/C19H12F3N5O2/c20-19(21,22)13-5-2-1-4-11(13)14-8-9-27-17(24-14)12(10-23-27)18(29)26-15-6-3-7-16(28)25-15/h1-10H,(H2,25,26,28,29). The van der Waals surface area contributed by atoms with Crippen LogP contribution in [0.1, 0.15) is 15.9 Å². The Morgan fingerprint density at radius 1 is 1.03 bits per heavy atom. The molecule has 0 fully saturated rings. The first-order valence-corrected chi connectivity index (χ1v) is 8.31. The van der Waals surface area contributed by atoms with E-state index >= 15 is 0 Å². The maximum absolute atomic E-state index is 13.3. The van der Waals surface area contributed by atoms with Crippen molar-refractivity contribution in [2.75, 3.05) is 5.32 Å². The van der Waals surface area contributed by atoms with Crippen LogP contribution in [0.4, 0.5) is 19.0 Å². The summed E-state index contributed by atoms with van der Waals surface area (Å²) in [5.74, 6) is -0.786. The van der Waals surface area contributed by atoms with Crippen LogP contribution in [-0.4, -0.2) is 30.6 Å². The molecule has 29 heavy (non-hydrogen) atoms. The minimum atomic E-state index is -4.55. The molecule has 0 bridgehead atoms. The highest BCUT2D eigenvalue weighted by atomic mass is 19.4. The number of alkyl halides is 3. The molecule has 0 aliphatic heterocycles. The Kier molecular flexibility index (Phi) is 4.38. The number of anilines is 1. The van der Waals surface area contributed by atoms with Crippen LogP contribution in [0.25, 0.3) is 16.9 Å². The van der Waals surface area contributed by atoms with E-state index in [0.29, 0.717) is 0 Å². The van der Waals surface area contributed by atoms with Gasteiger partial charge in [-0.1, -0.05) is 24.3 Å². The minimum Gasteiger partial charge on any atom is -0.493 e. The van der Waals surface area contributed by atoms with Gasteiger partial charge in [0.15, 0.2) is 5.65 Å². The van der Waals surface area contributed by atoms with Gasteiger partial charge in [-0.2, -0.15) is 23.3 Å². The van der Waals surface area contributed by atoms with Gasteiger partial charge in [0.25, 0.3) is 5.91 Å². The van der Waals surface area contributed by atoms with E-state index in [1.807, 2.05) is 0 Å². The van der Waals surface area contributed by atoms with Crippen molar-refractivity contribution in [1.29, 1.82) is 0 Å². The molecule has 2 N–H and O–H groups in total. The number of benzene rings is 1. The zero-order valence-electron chi connectivity index (χ0n) is 14.6. The minimum absolute atomic E-state index is 0.0430. The molecule has 0 aliphatic rings. The molecule has 3 heterocycles. The van der Waals surface area contributed by atoms with Crippen molar-refractivity contribution < 1.29 is 23.1 Å². The smallest absolute Gasteiger partial charge is 0.417 e. The van der Waals surface area contributed by atoms with Crippen LogP contribution in [0.3, 0.4) is 0 Å². The number of carbonyl (C=O) groups is 1. The molecule has 3 aromatic heterocycles. The van der Waals surface area contributed by atoms with Gasteiger partial charge in [-0.25, -0.2) is 9.50 Å². The number of fused-ring (bicyclic) bond motifs is 1. The molecule has 7 nitrogen and oxygen atoms in total. The monoisotopic (exact) mass is 399 g/mol. The SMILES string of the molecule is O=C(Nc1cccc(O)n1)c1cnn2ccc(-c3ccccc3C(F)(F)F)nc12. The molecular formula is C19H12F3N5O2. The summed E-state index contributed by atoms with van der Waals surface area (Å²) in [7, 11) is 0. The predicted molar refractivity (Wildman–Crippen MR) is 97.3 cm³/mol. The van der Waals surface area contributed by atoms with Gasteiger partial charge in [0, 0.05) is 17.8 Å². The van der Waals surface area contributed by atoms with Gasteiger partial charge in [0.2, 0.25) is 5.88 Å². The summed E-state index contributed by atoms with van der Waals surface area (Å²) >= 11 is 0. The molecule has 0 saturated heterocycles. The van der Waals surface area contributed by atoms with Crippen LogP contribution in [0.5, 0.6) is 5.88 Å². The Morgan fingerprint density at radius 3 is 2.59 bits per heavy atom. The number of pyridine rings is 1. The second-order valence-electron chi connectivity index (χ2n) is 6.02. The van der Waals surface area contributed by atoms with Gasteiger partial charge < -0.3 is 10.4 Å². The first-order chi connectivity index (χ1) is 13.8. The largest absolute Gasteiger partial charge is 0.493 e.